The van der Waals surface area contributed by atoms with Gasteiger partial charge in [-0.2, -0.15) is 0 Å². The molecular weight excluding hydrogens is 428 g/mol. The first kappa shape index (κ1) is 23.0. The van der Waals surface area contributed by atoms with E-state index in [0.717, 1.165) is 28.6 Å². The van der Waals surface area contributed by atoms with Gasteiger partial charge in [-0.15, -0.1) is 10.2 Å². The third-order valence-electron chi connectivity index (χ3n) is 4.57. The van der Waals surface area contributed by atoms with E-state index in [-0.39, 0.29) is 11.7 Å². The van der Waals surface area contributed by atoms with Gasteiger partial charge < -0.3 is 10.6 Å². The Morgan fingerprint density at radius 1 is 0.938 bits per heavy atom. The normalized spacial score (nSPS) is 10.5. The van der Waals surface area contributed by atoms with Gasteiger partial charge in [0.1, 0.15) is 5.82 Å². The van der Waals surface area contributed by atoms with Crippen LogP contribution in [0.2, 0.25) is 0 Å². The van der Waals surface area contributed by atoms with Crippen molar-refractivity contribution in [3.8, 4) is 5.69 Å². The molecule has 32 heavy (non-hydrogen) atoms. The molecule has 0 fully saturated rings. The van der Waals surface area contributed by atoms with Crippen molar-refractivity contribution < 1.29 is 14.4 Å². The minimum Gasteiger partial charge on any atom is -0.326 e. The van der Waals surface area contributed by atoms with Gasteiger partial charge in [-0.25, -0.2) is 4.79 Å². The molecule has 0 saturated carbocycles. The predicted octanol–water partition coefficient (Wildman–Crippen LogP) is 3.59. The fourth-order valence-corrected chi connectivity index (χ4v) is 3.73. The van der Waals surface area contributed by atoms with Crippen molar-refractivity contribution in [3.63, 3.8) is 0 Å². The van der Waals surface area contributed by atoms with Crippen LogP contribution in [0.4, 0.5) is 16.2 Å². The summed E-state index contributed by atoms with van der Waals surface area (Å²) in [6.07, 6.45) is 0. The molecule has 4 amide bonds. The van der Waals surface area contributed by atoms with E-state index in [1.54, 1.807) is 35.8 Å². The Bertz CT molecular complexity index is 1170. The van der Waals surface area contributed by atoms with Crippen LogP contribution in [0.1, 0.15) is 23.9 Å². The highest BCUT2D eigenvalue weighted by Crippen LogP contribution is 2.23. The van der Waals surface area contributed by atoms with Crippen LogP contribution in [-0.2, 0) is 9.59 Å². The van der Waals surface area contributed by atoms with Crippen LogP contribution in [0.3, 0.4) is 0 Å². The third-order valence-corrected chi connectivity index (χ3v) is 5.50. The lowest BCUT2D eigenvalue weighted by Gasteiger charge is -2.11. The highest BCUT2D eigenvalue weighted by Gasteiger charge is 2.15. The molecule has 9 nitrogen and oxygen atoms in total. The van der Waals surface area contributed by atoms with Gasteiger partial charge in [-0.05, 0) is 62.2 Å². The number of anilines is 2. The SMILES string of the molecule is CC(=O)Nc1cccc(-n2c(C)nnc2SCC(=O)NC(=O)Nc2ccc(C)c(C)c2)c1. The molecule has 2 aromatic carbocycles. The Morgan fingerprint density at radius 3 is 2.41 bits per heavy atom. The highest BCUT2D eigenvalue weighted by molar-refractivity contribution is 7.99. The Hall–Kier alpha value is -3.66. The minimum atomic E-state index is -0.598. The summed E-state index contributed by atoms with van der Waals surface area (Å²) >= 11 is 1.15. The number of hydrogen-bond acceptors (Lipinski definition) is 6. The van der Waals surface area contributed by atoms with Crippen molar-refractivity contribution in [1.82, 2.24) is 20.1 Å². The molecule has 1 heterocycles. The summed E-state index contributed by atoms with van der Waals surface area (Å²) in [6, 6.07) is 12.1. The number of imide groups is 1. The molecule has 0 radical (unpaired) electrons. The summed E-state index contributed by atoms with van der Waals surface area (Å²) in [5.74, 6) is -0.0342. The number of thioether (sulfide) groups is 1. The smallest absolute Gasteiger partial charge is 0.325 e. The van der Waals surface area contributed by atoms with Crippen molar-refractivity contribution >= 4 is 41.0 Å². The fraction of sp³-hybridized carbons (Fsp3) is 0.227. The van der Waals surface area contributed by atoms with E-state index in [4.69, 9.17) is 0 Å². The van der Waals surface area contributed by atoms with Crippen LogP contribution in [0.15, 0.2) is 47.6 Å². The van der Waals surface area contributed by atoms with Gasteiger partial charge in [0, 0.05) is 18.3 Å². The maximum Gasteiger partial charge on any atom is 0.325 e. The number of nitrogens with one attached hydrogen (secondary N) is 3. The summed E-state index contributed by atoms with van der Waals surface area (Å²) in [6.45, 7) is 7.16. The van der Waals surface area contributed by atoms with E-state index in [1.807, 2.05) is 32.0 Å². The van der Waals surface area contributed by atoms with Gasteiger partial charge >= 0.3 is 6.03 Å². The second-order valence-corrected chi connectivity index (χ2v) is 8.13. The standard InChI is InChI=1S/C22H24N6O3S/c1-13-8-9-18(10-14(13)2)24-21(31)25-20(30)12-32-22-27-26-15(3)28(22)19-7-5-6-17(11-19)23-16(4)29/h5-11H,12H2,1-4H3,(H,23,29)(H2,24,25,30,31). The number of aryl methyl sites for hydroxylation is 3. The molecule has 0 aliphatic rings. The van der Waals surface area contributed by atoms with Gasteiger partial charge in [0.15, 0.2) is 5.16 Å². The van der Waals surface area contributed by atoms with E-state index in [2.05, 4.69) is 26.1 Å². The molecule has 0 atom stereocenters. The van der Waals surface area contributed by atoms with Gasteiger partial charge in [-0.3, -0.25) is 19.5 Å². The Kier molecular flexibility index (Phi) is 7.26. The molecule has 10 heteroatoms. The van der Waals surface area contributed by atoms with Crippen LogP contribution < -0.4 is 16.0 Å². The van der Waals surface area contributed by atoms with Crippen LogP contribution in [0.25, 0.3) is 5.69 Å². The average molecular weight is 453 g/mol. The molecule has 0 unspecified atom stereocenters. The zero-order chi connectivity index (χ0) is 23.3. The molecule has 3 rings (SSSR count). The largest absolute Gasteiger partial charge is 0.326 e. The first-order valence-corrected chi connectivity index (χ1v) is 10.8. The first-order valence-electron chi connectivity index (χ1n) is 9.84. The highest BCUT2D eigenvalue weighted by atomic mass is 32.2. The molecule has 0 bridgehead atoms. The van der Waals surface area contributed by atoms with Crippen molar-refractivity contribution in [2.45, 2.75) is 32.9 Å². The number of carbonyl (C=O) groups excluding carboxylic acids is 3. The number of carbonyl (C=O) groups is 3. The predicted molar refractivity (Wildman–Crippen MR) is 124 cm³/mol. The number of nitrogens with zero attached hydrogens (tertiary/aromatic N) is 3. The van der Waals surface area contributed by atoms with Crippen molar-refractivity contribution in [2.24, 2.45) is 0 Å². The third kappa shape index (κ3) is 5.94. The lowest BCUT2D eigenvalue weighted by molar-refractivity contribution is -0.117. The lowest BCUT2D eigenvalue weighted by atomic mass is 10.1. The van der Waals surface area contributed by atoms with E-state index in [0.29, 0.717) is 22.4 Å². The van der Waals surface area contributed by atoms with Gasteiger partial charge in [0.05, 0.1) is 11.4 Å². The van der Waals surface area contributed by atoms with Gasteiger partial charge in [-0.1, -0.05) is 23.9 Å². The molecule has 0 spiro atoms. The average Bonchev–Trinajstić information content (AvgIpc) is 3.09. The van der Waals surface area contributed by atoms with Crippen molar-refractivity contribution in [1.29, 1.82) is 0 Å². The topological polar surface area (TPSA) is 118 Å². The molecule has 3 aromatic rings. The number of aromatic nitrogens is 3. The summed E-state index contributed by atoms with van der Waals surface area (Å²) in [7, 11) is 0. The number of amides is 4. The zero-order valence-electron chi connectivity index (χ0n) is 18.2. The molecule has 3 N–H and O–H groups in total. The van der Waals surface area contributed by atoms with Gasteiger partial charge in [0.2, 0.25) is 11.8 Å². The Morgan fingerprint density at radius 2 is 1.69 bits per heavy atom. The Labute approximate surface area is 190 Å². The van der Waals surface area contributed by atoms with Gasteiger partial charge in [0.25, 0.3) is 0 Å². The molecular formula is C22H24N6O3S. The second kappa shape index (κ2) is 10.1. The molecule has 166 valence electrons. The molecule has 1 aromatic heterocycles. The quantitative estimate of drug-likeness (QED) is 0.492. The number of benzene rings is 2. The van der Waals surface area contributed by atoms with E-state index < -0.39 is 11.9 Å². The number of urea groups is 1. The minimum absolute atomic E-state index is 0.0239. The number of hydrogen-bond donors (Lipinski definition) is 3. The fourth-order valence-electron chi connectivity index (χ4n) is 2.93. The summed E-state index contributed by atoms with van der Waals surface area (Å²) in [4.78, 5) is 35.7. The molecule has 0 saturated heterocycles. The van der Waals surface area contributed by atoms with Crippen LogP contribution in [-0.4, -0.2) is 38.4 Å². The lowest BCUT2D eigenvalue weighted by Crippen LogP contribution is -2.35. The Balaban J connectivity index is 1.62. The van der Waals surface area contributed by atoms with Crippen molar-refractivity contribution in [2.75, 3.05) is 16.4 Å². The maximum absolute atomic E-state index is 12.3. The van der Waals surface area contributed by atoms with Crippen molar-refractivity contribution in [3.05, 3.63) is 59.4 Å². The summed E-state index contributed by atoms with van der Waals surface area (Å²) in [5.41, 5.74) is 4.15. The zero-order valence-corrected chi connectivity index (χ0v) is 19.0. The maximum atomic E-state index is 12.3. The molecule has 0 aliphatic heterocycles. The first-order chi connectivity index (χ1) is 15.2. The number of rotatable bonds is 6. The van der Waals surface area contributed by atoms with Crippen LogP contribution in [0.5, 0.6) is 0 Å². The van der Waals surface area contributed by atoms with E-state index in [9.17, 15) is 14.4 Å². The van der Waals surface area contributed by atoms with Crippen LogP contribution in [0, 0.1) is 20.8 Å². The second-order valence-electron chi connectivity index (χ2n) is 7.19. The van der Waals surface area contributed by atoms with Crippen LogP contribution >= 0.6 is 11.8 Å². The van der Waals surface area contributed by atoms with E-state index in [1.165, 1.54) is 6.92 Å². The summed E-state index contributed by atoms with van der Waals surface area (Å²) < 4.78 is 1.78. The summed E-state index contributed by atoms with van der Waals surface area (Å²) in [5, 5.41) is 16.4. The monoisotopic (exact) mass is 452 g/mol. The van der Waals surface area contributed by atoms with E-state index >= 15 is 0 Å². The molecule has 0 aliphatic carbocycles.